The first-order valence-corrected chi connectivity index (χ1v) is 7.41. The van der Waals surface area contributed by atoms with Gasteiger partial charge >= 0.3 is 0 Å². The predicted molar refractivity (Wildman–Crippen MR) is 68.1 cm³/mol. The van der Waals surface area contributed by atoms with Crippen molar-refractivity contribution in [3.63, 3.8) is 0 Å². The van der Waals surface area contributed by atoms with Crippen LogP contribution in [0.4, 0.5) is 4.39 Å². The van der Waals surface area contributed by atoms with Gasteiger partial charge in [0.05, 0.1) is 11.4 Å². The van der Waals surface area contributed by atoms with Crippen molar-refractivity contribution in [3.05, 3.63) is 17.5 Å². The van der Waals surface area contributed by atoms with Crippen molar-refractivity contribution in [1.82, 2.24) is 9.78 Å². The maximum absolute atomic E-state index is 14.0. The molecule has 106 valence electrons. The Morgan fingerprint density at radius 3 is 2.58 bits per heavy atom. The Balaban J connectivity index is 2.28. The molecule has 1 aromatic rings. The molecule has 0 spiro atoms. The van der Waals surface area contributed by atoms with Gasteiger partial charge in [0.2, 0.25) is 14.9 Å². The van der Waals surface area contributed by atoms with Gasteiger partial charge < -0.3 is 4.84 Å². The van der Waals surface area contributed by atoms with Crippen molar-refractivity contribution in [2.45, 2.75) is 38.3 Å². The molecule has 2 rings (SSSR count). The second-order valence-corrected chi connectivity index (χ2v) is 7.10. The summed E-state index contributed by atoms with van der Waals surface area (Å²) in [7, 11) is -2.15. The lowest BCUT2D eigenvalue weighted by molar-refractivity contribution is -0.0232. The van der Waals surface area contributed by atoms with E-state index in [4.69, 9.17) is 4.84 Å². The molecule has 6 nitrogen and oxygen atoms in total. The van der Waals surface area contributed by atoms with E-state index in [0.29, 0.717) is 11.3 Å². The molecule has 1 unspecified atom stereocenters. The third-order valence-electron chi connectivity index (χ3n) is 2.98. The monoisotopic (exact) mass is 289 g/mol. The topological polar surface area (TPSA) is 73.5 Å². The molecule has 1 atom stereocenters. The van der Waals surface area contributed by atoms with Gasteiger partial charge in [0.25, 0.3) is 0 Å². The second-order valence-electron chi connectivity index (χ2n) is 5.16. The van der Waals surface area contributed by atoms with Crippen LogP contribution in [0.3, 0.4) is 0 Å². The van der Waals surface area contributed by atoms with E-state index in [0.717, 1.165) is 0 Å². The molecule has 0 aromatic carbocycles. The zero-order valence-electron chi connectivity index (χ0n) is 11.2. The smallest absolute Gasteiger partial charge is 0.210 e. The summed E-state index contributed by atoms with van der Waals surface area (Å²) in [6.07, 6.45) is -0.156. The lowest BCUT2D eigenvalue weighted by Crippen LogP contribution is -2.37. The largest absolute Gasteiger partial charge is 0.385 e. The maximum Gasteiger partial charge on any atom is 0.210 e. The number of halogens is 1. The average molecular weight is 289 g/mol. The first-order chi connectivity index (χ1) is 8.63. The number of oxime groups is 1. The highest BCUT2D eigenvalue weighted by Gasteiger charge is 2.47. The minimum atomic E-state index is -3.85. The first-order valence-electron chi connectivity index (χ1n) is 5.75. The maximum atomic E-state index is 14.0. The summed E-state index contributed by atoms with van der Waals surface area (Å²) in [4.78, 5) is 4.84. The third-order valence-corrected chi connectivity index (χ3v) is 4.59. The third kappa shape index (κ3) is 2.49. The average Bonchev–Trinajstić information content (AvgIpc) is 2.69. The summed E-state index contributed by atoms with van der Waals surface area (Å²) in [5.41, 5.74) is -0.116. The summed E-state index contributed by atoms with van der Waals surface area (Å²) in [5.74, 6) is -0.328. The van der Waals surface area contributed by atoms with Gasteiger partial charge in [0.1, 0.15) is 0 Å². The zero-order chi connectivity index (χ0) is 14.4. The second kappa shape index (κ2) is 4.29. The van der Waals surface area contributed by atoms with Gasteiger partial charge in [-0.15, -0.1) is 0 Å². The highest BCUT2D eigenvalue weighted by Crippen LogP contribution is 2.29. The van der Waals surface area contributed by atoms with E-state index in [-0.39, 0.29) is 5.75 Å². The Morgan fingerprint density at radius 2 is 2.16 bits per heavy atom. The fourth-order valence-electron chi connectivity index (χ4n) is 1.84. The molecule has 2 heterocycles. The molecule has 0 saturated heterocycles. The van der Waals surface area contributed by atoms with Crippen molar-refractivity contribution >= 4 is 14.9 Å². The normalized spacial score (nSPS) is 22.2. The van der Waals surface area contributed by atoms with Gasteiger partial charge in [-0.2, -0.15) is 5.10 Å². The van der Waals surface area contributed by atoms with E-state index >= 15 is 0 Å². The van der Waals surface area contributed by atoms with Gasteiger partial charge in [-0.3, -0.25) is 4.68 Å². The molecule has 0 amide bonds. The minimum absolute atomic E-state index is 0.328. The van der Waals surface area contributed by atoms with Crippen molar-refractivity contribution in [3.8, 4) is 0 Å². The molecule has 0 bridgehead atoms. The van der Waals surface area contributed by atoms with Crippen molar-refractivity contribution in [2.75, 3.05) is 0 Å². The summed E-state index contributed by atoms with van der Waals surface area (Å²) in [6.45, 7) is 4.62. The number of hydrogen-bond acceptors (Lipinski definition) is 5. The van der Waals surface area contributed by atoms with Gasteiger partial charge in [0, 0.05) is 18.8 Å². The highest BCUT2D eigenvalue weighted by atomic mass is 32.2. The summed E-state index contributed by atoms with van der Waals surface area (Å²) >= 11 is 0. The number of alkyl halides is 1. The minimum Gasteiger partial charge on any atom is -0.385 e. The van der Waals surface area contributed by atoms with Crippen LogP contribution in [0.5, 0.6) is 0 Å². The van der Waals surface area contributed by atoms with Crippen LogP contribution in [-0.4, -0.2) is 35.0 Å². The van der Waals surface area contributed by atoms with Crippen molar-refractivity contribution < 1.29 is 17.6 Å². The van der Waals surface area contributed by atoms with Gasteiger partial charge in [-0.25, -0.2) is 12.8 Å². The lowest BCUT2D eigenvalue weighted by atomic mass is 10.1. The van der Waals surface area contributed by atoms with Crippen molar-refractivity contribution in [2.24, 2.45) is 12.2 Å². The molecule has 0 N–H and O–H groups in total. The quantitative estimate of drug-likeness (QED) is 0.817. The van der Waals surface area contributed by atoms with Crippen LogP contribution in [0.1, 0.15) is 25.1 Å². The number of aryl methyl sites for hydroxylation is 2. The van der Waals surface area contributed by atoms with Gasteiger partial charge in [-0.05, 0) is 20.8 Å². The standard InChI is InChI=1S/C11H16FN3O3S/c1-7-8(5-15(4)13-7)6-19(16,17)10-9(12)11(2,3)18-14-10/h5,9H,6H2,1-4H3. The Labute approximate surface area is 111 Å². The van der Waals surface area contributed by atoms with Crippen LogP contribution >= 0.6 is 0 Å². The fraction of sp³-hybridized carbons (Fsp3) is 0.636. The Morgan fingerprint density at radius 1 is 1.53 bits per heavy atom. The van der Waals surface area contributed by atoms with Crippen LogP contribution in [0.15, 0.2) is 11.4 Å². The number of hydrogen-bond donors (Lipinski definition) is 0. The number of nitrogens with zero attached hydrogens (tertiary/aromatic N) is 3. The van der Waals surface area contributed by atoms with E-state index in [1.165, 1.54) is 18.5 Å². The van der Waals surface area contributed by atoms with Gasteiger partial charge in [0.15, 0.2) is 11.8 Å². The molecule has 0 aliphatic carbocycles. The van der Waals surface area contributed by atoms with Crippen molar-refractivity contribution in [1.29, 1.82) is 0 Å². The lowest BCUT2D eigenvalue weighted by Gasteiger charge is -2.17. The first kappa shape index (κ1) is 14.0. The van der Waals surface area contributed by atoms with Crippen LogP contribution in [0.2, 0.25) is 0 Å². The van der Waals surface area contributed by atoms with E-state index < -0.39 is 26.7 Å². The molecular weight excluding hydrogens is 273 g/mol. The fourth-order valence-corrected chi connectivity index (χ4v) is 3.43. The molecule has 1 aliphatic rings. The number of sulfone groups is 1. The molecule has 0 radical (unpaired) electrons. The number of rotatable bonds is 2. The predicted octanol–water partition coefficient (Wildman–Crippen LogP) is 1.10. The van der Waals surface area contributed by atoms with Crippen LogP contribution < -0.4 is 0 Å². The Hall–Kier alpha value is -1.44. The van der Waals surface area contributed by atoms with Gasteiger partial charge in [-0.1, -0.05) is 5.16 Å². The Bertz CT molecular complexity index is 634. The summed E-state index contributed by atoms with van der Waals surface area (Å²) < 4.78 is 39.9. The molecule has 19 heavy (non-hydrogen) atoms. The van der Waals surface area contributed by atoms with Crippen LogP contribution in [-0.2, 0) is 27.5 Å². The van der Waals surface area contributed by atoms with E-state index in [2.05, 4.69) is 10.3 Å². The summed E-state index contributed by atoms with van der Waals surface area (Å²) in [5, 5.41) is 6.92. The van der Waals surface area contributed by atoms with E-state index in [9.17, 15) is 12.8 Å². The molecule has 0 saturated carbocycles. The van der Waals surface area contributed by atoms with Crippen LogP contribution in [0, 0.1) is 6.92 Å². The number of aromatic nitrogens is 2. The zero-order valence-corrected chi connectivity index (χ0v) is 12.0. The molecule has 8 heteroatoms. The van der Waals surface area contributed by atoms with Crippen LogP contribution in [0.25, 0.3) is 0 Å². The molecule has 1 aromatic heterocycles. The SMILES string of the molecule is Cc1nn(C)cc1CS(=O)(=O)C1=NOC(C)(C)C1F. The summed E-state index contributed by atoms with van der Waals surface area (Å²) in [6, 6.07) is 0. The molecular formula is C11H16FN3O3S. The molecule has 0 fully saturated rings. The van der Waals surface area contributed by atoms with E-state index in [1.807, 2.05) is 0 Å². The Kier molecular flexibility index (Phi) is 3.16. The molecule has 1 aliphatic heterocycles. The highest BCUT2D eigenvalue weighted by molar-refractivity contribution is 8.05. The van der Waals surface area contributed by atoms with E-state index in [1.54, 1.807) is 20.2 Å².